The Morgan fingerprint density at radius 3 is 2.86 bits per heavy atom. The Balaban J connectivity index is 2.16. The first kappa shape index (κ1) is 15.1. The van der Waals surface area contributed by atoms with Crippen molar-refractivity contribution in [1.82, 2.24) is 4.98 Å². The van der Waals surface area contributed by atoms with E-state index in [1.54, 1.807) is 14.0 Å². The molecule has 0 radical (unpaired) electrons. The molecule has 2 atom stereocenters. The first-order valence-electron chi connectivity index (χ1n) is 7.20. The third kappa shape index (κ3) is 2.42. The second-order valence-electron chi connectivity index (χ2n) is 5.62. The maximum absolute atomic E-state index is 14.0. The molecule has 4 nitrogen and oxygen atoms in total. The number of anilines is 1. The third-order valence-electron chi connectivity index (χ3n) is 4.21. The van der Waals surface area contributed by atoms with E-state index in [0.717, 1.165) is 11.8 Å². The van der Waals surface area contributed by atoms with Crippen LogP contribution >= 0.6 is 0 Å². The Labute approximate surface area is 127 Å². The molecule has 1 aliphatic heterocycles. The fourth-order valence-electron chi connectivity index (χ4n) is 3.09. The number of methoxy groups -OCH3 is 1. The van der Waals surface area contributed by atoms with Crippen molar-refractivity contribution in [3.63, 3.8) is 0 Å². The zero-order valence-corrected chi connectivity index (χ0v) is 12.5. The lowest BCUT2D eigenvalue weighted by Gasteiger charge is -2.26. The predicted octanol–water partition coefficient (Wildman–Crippen LogP) is 2.41. The molecule has 22 heavy (non-hydrogen) atoms. The fourth-order valence-corrected chi connectivity index (χ4v) is 3.09. The van der Waals surface area contributed by atoms with Crippen LogP contribution in [0.4, 0.5) is 14.5 Å². The van der Waals surface area contributed by atoms with E-state index < -0.39 is 11.6 Å². The van der Waals surface area contributed by atoms with Crippen LogP contribution in [0.1, 0.15) is 12.1 Å². The average molecular weight is 308 g/mol. The summed E-state index contributed by atoms with van der Waals surface area (Å²) in [7, 11) is 1.63. The maximum atomic E-state index is 14.0. The highest BCUT2D eigenvalue weighted by atomic mass is 19.2. The molecular weight excluding hydrogens is 290 g/mol. The lowest BCUT2D eigenvalue weighted by molar-refractivity contribution is 0.115. The van der Waals surface area contributed by atoms with E-state index in [0.29, 0.717) is 24.0 Å². The van der Waals surface area contributed by atoms with Gasteiger partial charge in [0.05, 0.1) is 18.8 Å². The molecule has 0 aliphatic carbocycles. The minimum absolute atomic E-state index is 0.00552. The minimum atomic E-state index is -0.939. The standard InChI is InChI=1S/C16H18F2N2O2/c1-9-5-14(20-7-11(22-2)6-10(20)8-21)12-3-4-13(17)15(18)16(12)19-9/h3-5,10-11,21H,6-8H2,1-2H3/t10-,11-/m0/s1. The van der Waals surface area contributed by atoms with Gasteiger partial charge in [-0.05, 0) is 31.5 Å². The molecule has 2 heterocycles. The van der Waals surface area contributed by atoms with E-state index in [1.807, 2.05) is 11.0 Å². The van der Waals surface area contributed by atoms with Gasteiger partial charge in [0, 0.05) is 30.4 Å². The lowest BCUT2D eigenvalue weighted by Crippen LogP contribution is -2.32. The van der Waals surface area contributed by atoms with Crippen molar-refractivity contribution in [3.8, 4) is 0 Å². The molecule has 1 saturated heterocycles. The summed E-state index contributed by atoms with van der Waals surface area (Å²) in [4.78, 5) is 6.11. The van der Waals surface area contributed by atoms with Crippen molar-refractivity contribution in [1.29, 1.82) is 0 Å². The van der Waals surface area contributed by atoms with Crippen LogP contribution in [0.15, 0.2) is 18.2 Å². The van der Waals surface area contributed by atoms with Gasteiger partial charge < -0.3 is 14.7 Å². The van der Waals surface area contributed by atoms with E-state index >= 15 is 0 Å². The summed E-state index contributed by atoms with van der Waals surface area (Å²) >= 11 is 0. The van der Waals surface area contributed by atoms with Gasteiger partial charge in [-0.25, -0.2) is 13.8 Å². The third-order valence-corrected chi connectivity index (χ3v) is 4.21. The zero-order chi connectivity index (χ0) is 15.9. The van der Waals surface area contributed by atoms with Gasteiger partial charge in [0.1, 0.15) is 5.52 Å². The van der Waals surface area contributed by atoms with Gasteiger partial charge in [-0.3, -0.25) is 0 Å². The number of nitrogens with zero attached hydrogens (tertiary/aromatic N) is 2. The van der Waals surface area contributed by atoms with Gasteiger partial charge in [-0.2, -0.15) is 0 Å². The monoisotopic (exact) mass is 308 g/mol. The van der Waals surface area contributed by atoms with Crippen LogP contribution in [0.5, 0.6) is 0 Å². The van der Waals surface area contributed by atoms with E-state index in [-0.39, 0.29) is 24.3 Å². The second-order valence-corrected chi connectivity index (χ2v) is 5.62. The summed E-state index contributed by atoms with van der Waals surface area (Å²) in [5.41, 5.74) is 1.37. The van der Waals surface area contributed by atoms with Crippen molar-refractivity contribution < 1.29 is 18.6 Å². The molecule has 1 aliphatic rings. The fraction of sp³-hybridized carbons (Fsp3) is 0.438. The van der Waals surface area contributed by atoms with Gasteiger partial charge in [-0.1, -0.05) is 0 Å². The first-order valence-corrected chi connectivity index (χ1v) is 7.20. The number of halogens is 2. The SMILES string of the molecule is CO[C@H]1C[C@@H](CO)N(c2cc(C)nc3c(F)c(F)ccc23)C1. The van der Waals surface area contributed by atoms with Crippen LogP contribution in [0.3, 0.4) is 0 Å². The predicted molar refractivity (Wildman–Crippen MR) is 80.0 cm³/mol. The summed E-state index contributed by atoms with van der Waals surface area (Å²) in [6.07, 6.45) is 0.700. The van der Waals surface area contributed by atoms with Crippen molar-refractivity contribution in [2.24, 2.45) is 0 Å². The number of aryl methyl sites for hydroxylation is 1. The number of ether oxygens (including phenoxy) is 1. The van der Waals surface area contributed by atoms with Gasteiger partial charge >= 0.3 is 0 Å². The number of pyridine rings is 1. The molecular formula is C16H18F2N2O2. The number of aliphatic hydroxyl groups is 1. The van der Waals surface area contributed by atoms with E-state index in [4.69, 9.17) is 4.74 Å². The normalized spacial score (nSPS) is 21.8. The van der Waals surface area contributed by atoms with E-state index in [1.165, 1.54) is 6.07 Å². The molecule has 1 aromatic heterocycles. The van der Waals surface area contributed by atoms with Crippen molar-refractivity contribution in [2.75, 3.05) is 25.2 Å². The van der Waals surface area contributed by atoms with Crippen LogP contribution in [0.25, 0.3) is 10.9 Å². The zero-order valence-electron chi connectivity index (χ0n) is 12.5. The lowest BCUT2D eigenvalue weighted by atomic mass is 10.1. The highest BCUT2D eigenvalue weighted by Crippen LogP contribution is 2.34. The summed E-state index contributed by atoms with van der Waals surface area (Å²) in [5.74, 6) is -1.85. The minimum Gasteiger partial charge on any atom is -0.394 e. The molecule has 1 fully saturated rings. The number of benzene rings is 1. The summed E-state index contributed by atoms with van der Waals surface area (Å²) < 4.78 is 32.9. The number of hydrogen-bond acceptors (Lipinski definition) is 4. The van der Waals surface area contributed by atoms with Crippen molar-refractivity contribution in [2.45, 2.75) is 25.5 Å². The highest BCUT2D eigenvalue weighted by Gasteiger charge is 2.33. The topological polar surface area (TPSA) is 45.6 Å². The van der Waals surface area contributed by atoms with Crippen LogP contribution < -0.4 is 4.90 Å². The Hall–Kier alpha value is -1.79. The number of aliphatic hydroxyl groups excluding tert-OH is 1. The Kier molecular flexibility index (Phi) is 3.97. The number of aromatic nitrogens is 1. The molecule has 1 aromatic carbocycles. The quantitative estimate of drug-likeness (QED) is 0.946. The van der Waals surface area contributed by atoms with Crippen LogP contribution in [-0.2, 0) is 4.74 Å². The highest BCUT2D eigenvalue weighted by molar-refractivity contribution is 5.92. The summed E-state index contributed by atoms with van der Waals surface area (Å²) in [6.45, 7) is 2.32. The molecule has 1 N–H and O–H groups in total. The van der Waals surface area contributed by atoms with Gasteiger partial charge in [0.25, 0.3) is 0 Å². The molecule has 2 aromatic rings. The Morgan fingerprint density at radius 1 is 1.41 bits per heavy atom. The smallest absolute Gasteiger partial charge is 0.185 e. The average Bonchev–Trinajstić information content (AvgIpc) is 2.94. The maximum Gasteiger partial charge on any atom is 0.185 e. The van der Waals surface area contributed by atoms with Crippen molar-refractivity contribution in [3.05, 3.63) is 35.5 Å². The van der Waals surface area contributed by atoms with Crippen molar-refractivity contribution >= 4 is 16.6 Å². The molecule has 0 bridgehead atoms. The van der Waals surface area contributed by atoms with Gasteiger partial charge in [-0.15, -0.1) is 0 Å². The molecule has 118 valence electrons. The van der Waals surface area contributed by atoms with E-state index in [9.17, 15) is 13.9 Å². The number of rotatable bonds is 3. The second kappa shape index (κ2) is 5.78. The molecule has 0 spiro atoms. The molecule has 0 unspecified atom stereocenters. The van der Waals surface area contributed by atoms with Crippen LogP contribution in [0.2, 0.25) is 0 Å². The van der Waals surface area contributed by atoms with Crippen LogP contribution in [-0.4, -0.2) is 42.5 Å². The largest absolute Gasteiger partial charge is 0.394 e. The number of hydrogen-bond donors (Lipinski definition) is 1. The van der Waals surface area contributed by atoms with E-state index in [2.05, 4.69) is 4.98 Å². The molecule has 6 heteroatoms. The molecule has 3 rings (SSSR count). The summed E-state index contributed by atoms with van der Waals surface area (Å²) in [6, 6.07) is 4.36. The Morgan fingerprint density at radius 2 is 2.18 bits per heavy atom. The first-order chi connectivity index (χ1) is 10.5. The Bertz CT molecular complexity index is 708. The molecule has 0 amide bonds. The number of fused-ring (bicyclic) bond motifs is 1. The summed E-state index contributed by atoms with van der Waals surface area (Å²) in [5, 5.41) is 10.1. The van der Waals surface area contributed by atoms with Gasteiger partial charge in [0.2, 0.25) is 0 Å². The molecule has 0 saturated carbocycles. The van der Waals surface area contributed by atoms with Gasteiger partial charge in [0.15, 0.2) is 11.6 Å². The van der Waals surface area contributed by atoms with Crippen LogP contribution in [0, 0.1) is 18.6 Å².